The monoisotopic (exact) mass is 303 g/mol. The van der Waals surface area contributed by atoms with Gasteiger partial charge in [0, 0.05) is 30.3 Å². The van der Waals surface area contributed by atoms with Crippen LogP contribution in [0.1, 0.15) is 35.6 Å². The van der Waals surface area contributed by atoms with Crippen LogP contribution in [0.5, 0.6) is 5.75 Å². The number of nitrogens with zero attached hydrogens (tertiary/aromatic N) is 2. The van der Waals surface area contributed by atoms with E-state index in [2.05, 4.69) is 22.0 Å². The van der Waals surface area contributed by atoms with Crippen LogP contribution in [0.4, 0.5) is 4.39 Å². The van der Waals surface area contributed by atoms with Gasteiger partial charge in [0.1, 0.15) is 0 Å². The molecule has 1 aliphatic heterocycles. The van der Waals surface area contributed by atoms with Crippen molar-refractivity contribution in [3.8, 4) is 5.75 Å². The van der Waals surface area contributed by atoms with Crippen molar-refractivity contribution < 1.29 is 9.13 Å². The van der Waals surface area contributed by atoms with Crippen LogP contribution in [0.2, 0.25) is 0 Å². The Morgan fingerprint density at radius 1 is 1.45 bits per heavy atom. The minimum atomic E-state index is -0.246. The van der Waals surface area contributed by atoms with Gasteiger partial charge in [-0.05, 0) is 37.9 Å². The van der Waals surface area contributed by atoms with Gasteiger partial charge >= 0.3 is 0 Å². The van der Waals surface area contributed by atoms with Crippen molar-refractivity contribution in [3.63, 3.8) is 0 Å². The van der Waals surface area contributed by atoms with E-state index in [4.69, 9.17) is 4.74 Å². The lowest BCUT2D eigenvalue weighted by Gasteiger charge is -2.32. The Balaban J connectivity index is 1.72. The third kappa shape index (κ3) is 2.99. The minimum Gasteiger partial charge on any atom is -0.494 e. The third-order valence-electron chi connectivity index (χ3n) is 4.44. The van der Waals surface area contributed by atoms with Crippen molar-refractivity contribution in [2.75, 3.05) is 20.2 Å². The van der Waals surface area contributed by atoms with Crippen LogP contribution < -0.4 is 4.74 Å². The topological polar surface area (TPSA) is 41.1 Å². The van der Waals surface area contributed by atoms with Gasteiger partial charge in [0.15, 0.2) is 11.6 Å². The molecule has 1 atom stereocenters. The molecule has 0 bridgehead atoms. The Morgan fingerprint density at radius 3 is 3.05 bits per heavy atom. The Labute approximate surface area is 130 Å². The van der Waals surface area contributed by atoms with Crippen LogP contribution in [-0.2, 0) is 6.54 Å². The van der Waals surface area contributed by atoms with Crippen LogP contribution in [-0.4, -0.2) is 35.3 Å². The van der Waals surface area contributed by atoms with Crippen LogP contribution in [0.15, 0.2) is 24.4 Å². The molecule has 3 rings (SSSR count). The molecule has 118 valence electrons. The Hall–Kier alpha value is -1.88. The minimum absolute atomic E-state index is 0.246. The Bertz CT molecular complexity index is 641. The first-order valence-corrected chi connectivity index (χ1v) is 7.72. The van der Waals surface area contributed by atoms with Crippen molar-refractivity contribution in [3.05, 3.63) is 47.0 Å². The Kier molecular flexibility index (Phi) is 4.43. The number of halogens is 1. The number of rotatable bonds is 4. The highest BCUT2D eigenvalue weighted by atomic mass is 19.1. The van der Waals surface area contributed by atoms with Crippen molar-refractivity contribution in [1.82, 2.24) is 15.1 Å². The standard InChI is InChI=1S/C17H22FN3O/c1-12-9-19-20-17(12)14-6-4-8-21(11-14)10-13-5-3-7-15(22-2)16(13)18/h3,5,7,9,14H,4,6,8,10-11H2,1-2H3,(H,19,20). The quantitative estimate of drug-likeness (QED) is 0.942. The average Bonchev–Trinajstić information content (AvgIpc) is 2.96. The van der Waals surface area contributed by atoms with Crippen molar-refractivity contribution >= 4 is 0 Å². The van der Waals surface area contributed by atoms with Crippen LogP contribution in [0, 0.1) is 12.7 Å². The van der Waals surface area contributed by atoms with Gasteiger partial charge in [0.2, 0.25) is 0 Å². The third-order valence-corrected chi connectivity index (χ3v) is 4.44. The summed E-state index contributed by atoms with van der Waals surface area (Å²) in [6, 6.07) is 5.34. The molecule has 1 saturated heterocycles. The largest absolute Gasteiger partial charge is 0.494 e. The number of nitrogens with one attached hydrogen (secondary N) is 1. The second-order valence-electron chi connectivity index (χ2n) is 5.97. The maximum absolute atomic E-state index is 14.3. The SMILES string of the molecule is COc1cccc(CN2CCCC(c3[nH]ncc3C)C2)c1F. The summed E-state index contributed by atoms with van der Waals surface area (Å²) in [4.78, 5) is 2.31. The van der Waals surface area contributed by atoms with Crippen LogP contribution in [0.3, 0.4) is 0 Å². The number of H-pyrrole nitrogens is 1. The van der Waals surface area contributed by atoms with E-state index in [0.717, 1.165) is 25.9 Å². The van der Waals surface area contributed by atoms with E-state index < -0.39 is 0 Å². The lowest BCUT2D eigenvalue weighted by Crippen LogP contribution is -2.34. The van der Waals surface area contributed by atoms with Gasteiger partial charge in [0.25, 0.3) is 0 Å². The highest BCUT2D eigenvalue weighted by Crippen LogP contribution is 2.29. The number of benzene rings is 1. The van der Waals surface area contributed by atoms with E-state index in [9.17, 15) is 4.39 Å². The number of hydrogen-bond acceptors (Lipinski definition) is 3. The molecule has 2 aromatic rings. The summed E-state index contributed by atoms with van der Waals surface area (Å²) in [6.45, 7) is 4.63. The molecule has 0 saturated carbocycles. The molecule has 0 amide bonds. The molecule has 1 fully saturated rings. The summed E-state index contributed by atoms with van der Waals surface area (Å²) in [5, 5.41) is 7.24. The lowest BCUT2D eigenvalue weighted by atomic mass is 9.92. The molecule has 0 aliphatic carbocycles. The van der Waals surface area contributed by atoms with E-state index in [-0.39, 0.29) is 5.82 Å². The molecule has 1 aromatic carbocycles. The van der Waals surface area contributed by atoms with Crippen molar-refractivity contribution in [2.24, 2.45) is 0 Å². The number of ether oxygens (including phenoxy) is 1. The maximum Gasteiger partial charge on any atom is 0.169 e. The summed E-state index contributed by atoms with van der Waals surface area (Å²) in [6.07, 6.45) is 4.14. The molecule has 5 heteroatoms. The highest BCUT2D eigenvalue weighted by Gasteiger charge is 2.24. The van der Waals surface area contributed by atoms with E-state index in [1.165, 1.54) is 18.4 Å². The van der Waals surface area contributed by atoms with Gasteiger partial charge in [-0.1, -0.05) is 12.1 Å². The van der Waals surface area contributed by atoms with Gasteiger partial charge in [-0.2, -0.15) is 5.10 Å². The van der Waals surface area contributed by atoms with E-state index in [1.807, 2.05) is 18.3 Å². The lowest BCUT2D eigenvalue weighted by molar-refractivity contribution is 0.195. The predicted octanol–water partition coefficient (Wildman–Crippen LogP) is 3.25. The maximum atomic E-state index is 14.3. The van der Waals surface area contributed by atoms with E-state index >= 15 is 0 Å². The fourth-order valence-electron chi connectivity index (χ4n) is 3.28. The van der Waals surface area contributed by atoms with Gasteiger partial charge in [-0.15, -0.1) is 0 Å². The number of hydrogen-bond donors (Lipinski definition) is 1. The average molecular weight is 303 g/mol. The number of aromatic amines is 1. The zero-order valence-corrected chi connectivity index (χ0v) is 13.1. The molecule has 1 aromatic heterocycles. The van der Waals surface area contributed by atoms with Gasteiger partial charge in [-0.3, -0.25) is 10.00 Å². The van der Waals surface area contributed by atoms with E-state index in [0.29, 0.717) is 23.8 Å². The zero-order valence-electron chi connectivity index (χ0n) is 13.1. The fraction of sp³-hybridized carbons (Fsp3) is 0.471. The zero-order chi connectivity index (χ0) is 15.5. The van der Waals surface area contributed by atoms with Crippen LogP contribution in [0.25, 0.3) is 0 Å². The van der Waals surface area contributed by atoms with Crippen LogP contribution >= 0.6 is 0 Å². The number of likely N-dealkylation sites (tertiary alicyclic amines) is 1. The first-order chi connectivity index (χ1) is 10.7. The summed E-state index contributed by atoms with van der Waals surface area (Å²) in [7, 11) is 1.50. The van der Waals surface area contributed by atoms with Gasteiger partial charge in [-0.25, -0.2) is 4.39 Å². The molecule has 22 heavy (non-hydrogen) atoms. The van der Waals surface area contributed by atoms with E-state index in [1.54, 1.807) is 6.07 Å². The molecule has 1 unspecified atom stereocenters. The van der Waals surface area contributed by atoms with Gasteiger partial charge in [0.05, 0.1) is 13.3 Å². The highest BCUT2D eigenvalue weighted by molar-refractivity contribution is 5.31. The summed E-state index contributed by atoms with van der Waals surface area (Å²) in [5.41, 5.74) is 3.12. The first-order valence-electron chi connectivity index (χ1n) is 7.72. The second kappa shape index (κ2) is 6.48. The molecule has 0 spiro atoms. The molecule has 1 aliphatic rings. The van der Waals surface area contributed by atoms with Gasteiger partial charge < -0.3 is 4.74 Å². The van der Waals surface area contributed by atoms with Crippen molar-refractivity contribution in [1.29, 1.82) is 0 Å². The predicted molar refractivity (Wildman–Crippen MR) is 83.5 cm³/mol. The summed E-state index contributed by atoms with van der Waals surface area (Å²) < 4.78 is 19.4. The van der Waals surface area contributed by atoms with Crippen molar-refractivity contribution in [2.45, 2.75) is 32.2 Å². The molecule has 1 N–H and O–H groups in total. The molecular formula is C17H22FN3O. The number of methoxy groups -OCH3 is 1. The normalized spacial score (nSPS) is 19.3. The number of piperidine rings is 1. The second-order valence-corrected chi connectivity index (χ2v) is 5.97. The molecule has 0 radical (unpaired) electrons. The fourth-order valence-corrected chi connectivity index (χ4v) is 3.28. The first kappa shape index (κ1) is 15.0. The Morgan fingerprint density at radius 2 is 2.32 bits per heavy atom. The molecule has 2 heterocycles. The number of aryl methyl sites for hydroxylation is 1. The smallest absolute Gasteiger partial charge is 0.169 e. The summed E-state index contributed by atoms with van der Waals surface area (Å²) >= 11 is 0. The molecule has 4 nitrogen and oxygen atoms in total. The summed E-state index contributed by atoms with van der Waals surface area (Å²) in [5.74, 6) is 0.519. The number of aromatic nitrogens is 2. The molecular weight excluding hydrogens is 281 g/mol.